The number of rotatable bonds is 12. The molecule has 4 fully saturated rings. The summed E-state index contributed by atoms with van der Waals surface area (Å²) in [5, 5.41) is 72.4. The molecule has 0 unspecified atom stereocenters. The van der Waals surface area contributed by atoms with Gasteiger partial charge in [0.2, 0.25) is 17.8 Å². The molecule has 0 bridgehead atoms. The topological polar surface area (TPSA) is 234 Å². The second-order valence-electron chi connectivity index (χ2n) is 12.7. The van der Waals surface area contributed by atoms with E-state index in [0.29, 0.717) is 18.8 Å². The molecule has 0 amide bonds. The number of aliphatic hydroxyl groups is 6. The van der Waals surface area contributed by atoms with Gasteiger partial charge in [0.05, 0.1) is 73.7 Å². The molecular weight excluding hydrogens is 668 g/mol. The summed E-state index contributed by atoms with van der Waals surface area (Å²) < 4.78 is 57.7. The molecule has 7 N–H and O–H groups in total. The maximum Gasteiger partial charge on any atom is 0.230 e. The summed E-state index contributed by atoms with van der Waals surface area (Å²) >= 11 is 0. The van der Waals surface area contributed by atoms with Gasteiger partial charge in [0.1, 0.15) is 30.0 Å². The first kappa shape index (κ1) is 36.6. The molecule has 0 radical (unpaired) electrons. The molecular formula is C33H44O17. The minimum absolute atomic E-state index is 0.0239. The standard InChI is InChI=1S/C33H44O17/c1-41-18-5-14(6-19(42-2)23(18)36)26-16-10-46-27(17(16)11-45-26)15-7-20(43-3)28(21(8-15)44-4)49-31-29(25(38)24(37)22(9-34)48-31)50-32-30(39)33(40,12-35)13-47-32/h5-8,16-17,22,24-27,29-32,34-40H,9-13H2,1-4H3/t16-,17-,22-,24-,25+,26-,27-,29-,30+,31-,32-,33-/m1/s1. The lowest BCUT2D eigenvalue weighted by Gasteiger charge is -2.42. The van der Waals surface area contributed by atoms with Crippen LogP contribution >= 0.6 is 0 Å². The third-order valence-electron chi connectivity index (χ3n) is 9.84. The smallest absolute Gasteiger partial charge is 0.230 e. The van der Waals surface area contributed by atoms with Crippen molar-refractivity contribution in [3.05, 3.63) is 35.4 Å². The fourth-order valence-corrected chi connectivity index (χ4v) is 6.97. The summed E-state index contributed by atoms with van der Waals surface area (Å²) in [6.07, 6.45) is -11.8. The Bertz CT molecular complexity index is 1440. The predicted molar refractivity (Wildman–Crippen MR) is 166 cm³/mol. The number of fused-ring (bicyclic) bond motifs is 1. The summed E-state index contributed by atoms with van der Waals surface area (Å²) in [6.45, 7) is -1.24. The van der Waals surface area contributed by atoms with Gasteiger partial charge in [0.25, 0.3) is 0 Å². The first-order valence-corrected chi connectivity index (χ1v) is 16.0. The van der Waals surface area contributed by atoms with Crippen LogP contribution in [0.15, 0.2) is 24.3 Å². The zero-order valence-corrected chi connectivity index (χ0v) is 27.9. The molecule has 4 aliphatic rings. The zero-order chi connectivity index (χ0) is 35.9. The van der Waals surface area contributed by atoms with Crippen molar-refractivity contribution in [2.24, 2.45) is 11.8 Å². The highest BCUT2D eigenvalue weighted by Crippen LogP contribution is 2.54. The van der Waals surface area contributed by atoms with E-state index in [1.807, 2.05) is 0 Å². The van der Waals surface area contributed by atoms with E-state index >= 15 is 0 Å². The van der Waals surface area contributed by atoms with Crippen LogP contribution in [0.3, 0.4) is 0 Å². The van der Waals surface area contributed by atoms with Gasteiger partial charge in [0, 0.05) is 11.8 Å². The van der Waals surface area contributed by atoms with Crippen molar-refractivity contribution >= 4 is 0 Å². The normalized spacial score (nSPS) is 36.6. The molecule has 0 aromatic heterocycles. The minimum atomic E-state index is -2.02. The number of phenols is 1. The molecule has 4 aliphatic heterocycles. The summed E-state index contributed by atoms with van der Waals surface area (Å²) in [7, 11) is 5.73. The first-order valence-electron chi connectivity index (χ1n) is 16.0. The molecule has 278 valence electrons. The third kappa shape index (κ3) is 6.41. The van der Waals surface area contributed by atoms with Gasteiger partial charge in [0.15, 0.2) is 35.4 Å². The molecule has 0 aliphatic carbocycles. The molecule has 0 spiro atoms. The fraction of sp³-hybridized carbons (Fsp3) is 0.636. The number of hydrogen-bond donors (Lipinski definition) is 7. The number of phenolic OH excluding ortho intramolecular Hbond substituents is 1. The van der Waals surface area contributed by atoms with E-state index in [1.54, 1.807) is 24.3 Å². The fourth-order valence-electron chi connectivity index (χ4n) is 6.97. The molecule has 12 atom stereocenters. The first-order chi connectivity index (χ1) is 24.0. The Kier molecular flexibility index (Phi) is 10.8. The Morgan fingerprint density at radius 1 is 0.740 bits per heavy atom. The van der Waals surface area contributed by atoms with Crippen LogP contribution in [0.25, 0.3) is 0 Å². The van der Waals surface area contributed by atoms with E-state index < -0.39 is 74.6 Å². The van der Waals surface area contributed by atoms with E-state index in [4.69, 9.17) is 47.4 Å². The Morgan fingerprint density at radius 2 is 1.26 bits per heavy atom. The number of aromatic hydroxyl groups is 1. The average Bonchev–Trinajstić information content (AvgIpc) is 3.82. The highest BCUT2D eigenvalue weighted by atomic mass is 16.8. The van der Waals surface area contributed by atoms with Crippen LogP contribution in [-0.4, -0.2) is 146 Å². The van der Waals surface area contributed by atoms with Crippen molar-refractivity contribution in [2.75, 3.05) is 61.5 Å². The quantitative estimate of drug-likeness (QED) is 0.142. The van der Waals surface area contributed by atoms with Gasteiger partial charge in [-0.3, -0.25) is 0 Å². The highest BCUT2D eigenvalue weighted by molar-refractivity contribution is 5.55. The van der Waals surface area contributed by atoms with E-state index in [-0.39, 0.29) is 52.4 Å². The van der Waals surface area contributed by atoms with Crippen molar-refractivity contribution in [3.8, 4) is 34.5 Å². The van der Waals surface area contributed by atoms with E-state index in [9.17, 15) is 35.7 Å². The van der Waals surface area contributed by atoms with E-state index in [0.717, 1.165) is 5.56 Å². The van der Waals surface area contributed by atoms with Crippen LogP contribution in [0.4, 0.5) is 0 Å². The van der Waals surface area contributed by atoms with Gasteiger partial charge in [-0.25, -0.2) is 0 Å². The Hall–Kier alpha value is -3.20. The molecule has 17 heteroatoms. The van der Waals surface area contributed by atoms with Gasteiger partial charge in [-0.2, -0.15) is 0 Å². The van der Waals surface area contributed by atoms with Crippen LogP contribution in [0, 0.1) is 11.8 Å². The van der Waals surface area contributed by atoms with Gasteiger partial charge < -0.3 is 83.1 Å². The lowest BCUT2D eigenvalue weighted by Crippen LogP contribution is -2.62. The molecule has 0 saturated carbocycles. The third-order valence-corrected chi connectivity index (χ3v) is 9.84. The van der Waals surface area contributed by atoms with Crippen LogP contribution in [0.2, 0.25) is 0 Å². The maximum absolute atomic E-state index is 11.0. The van der Waals surface area contributed by atoms with Gasteiger partial charge in [-0.1, -0.05) is 0 Å². The summed E-state index contributed by atoms with van der Waals surface area (Å²) in [5.41, 5.74) is -0.567. The predicted octanol–water partition coefficient (Wildman–Crippen LogP) is -0.855. The number of aliphatic hydroxyl groups excluding tert-OH is 5. The molecule has 17 nitrogen and oxygen atoms in total. The zero-order valence-electron chi connectivity index (χ0n) is 27.9. The van der Waals surface area contributed by atoms with Crippen LogP contribution in [-0.2, 0) is 23.7 Å². The van der Waals surface area contributed by atoms with Crippen molar-refractivity contribution in [3.63, 3.8) is 0 Å². The summed E-state index contributed by atoms with van der Waals surface area (Å²) in [5.74, 6) is 0.665. The summed E-state index contributed by atoms with van der Waals surface area (Å²) in [6, 6.07) is 6.82. The number of ether oxygens (including phenoxy) is 10. The summed E-state index contributed by atoms with van der Waals surface area (Å²) in [4.78, 5) is 0. The van der Waals surface area contributed by atoms with E-state index in [2.05, 4.69) is 0 Å². The lowest BCUT2D eigenvalue weighted by atomic mass is 9.84. The molecule has 6 rings (SSSR count). The van der Waals surface area contributed by atoms with Crippen molar-refractivity contribution < 1.29 is 83.1 Å². The monoisotopic (exact) mass is 712 g/mol. The highest BCUT2D eigenvalue weighted by Gasteiger charge is 2.54. The molecule has 2 aromatic carbocycles. The number of benzene rings is 2. The SMILES string of the molecule is COc1cc([C@H]2OC[C@@H]3[C@H]2CO[C@@H]3c2cc(OC)c(O[C@H]3O[C@H](CO)[C@@H](O)[C@H](O)[C@H]3O[C@H]3OC[C@](O)(CO)[C@H]3O)c(OC)c2)cc(OC)c1O. The molecule has 4 saturated heterocycles. The van der Waals surface area contributed by atoms with Crippen LogP contribution in [0.5, 0.6) is 34.5 Å². The lowest BCUT2D eigenvalue weighted by molar-refractivity contribution is -0.319. The largest absolute Gasteiger partial charge is 0.502 e. The Balaban J connectivity index is 1.26. The maximum atomic E-state index is 11.0. The van der Waals surface area contributed by atoms with Crippen molar-refractivity contribution in [1.82, 2.24) is 0 Å². The van der Waals surface area contributed by atoms with Gasteiger partial charge >= 0.3 is 0 Å². The number of methoxy groups -OCH3 is 4. The minimum Gasteiger partial charge on any atom is -0.502 e. The van der Waals surface area contributed by atoms with Crippen molar-refractivity contribution in [1.29, 1.82) is 0 Å². The number of hydrogen-bond acceptors (Lipinski definition) is 17. The average molecular weight is 713 g/mol. The van der Waals surface area contributed by atoms with Crippen LogP contribution in [0.1, 0.15) is 23.3 Å². The second-order valence-corrected chi connectivity index (χ2v) is 12.7. The van der Waals surface area contributed by atoms with E-state index in [1.165, 1.54) is 28.4 Å². The van der Waals surface area contributed by atoms with Gasteiger partial charge in [-0.05, 0) is 35.4 Å². The molecule has 2 aromatic rings. The van der Waals surface area contributed by atoms with Gasteiger partial charge in [-0.15, -0.1) is 0 Å². The molecule has 50 heavy (non-hydrogen) atoms. The Labute approximate surface area is 287 Å². The second kappa shape index (κ2) is 14.8. The van der Waals surface area contributed by atoms with Crippen molar-refractivity contribution in [2.45, 2.75) is 60.9 Å². The molecule has 4 heterocycles. The Morgan fingerprint density at radius 3 is 1.72 bits per heavy atom. The van der Waals surface area contributed by atoms with Crippen LogP contribution < -0.4 is 23.7 Å².